The standard InChI is InChI=1S/C18H28ClN.C17H26ClN/c1-5-14(2)13-17(20(3)4)18(11-6-12-18)15-7-9-16(19)10-8-15;1-13(2)12-16(19(3)4)17(10-5-11-17)14-6-8-15(18)9-7-14/h7-10,14,17H,5-6,11-13H2,1-4H3;6-9,13,16H,5,10-12H2,1-4H3/i2D3,3D3,4D3,5D2,6D2,7D,8D,9D,10D,11D2,12D2,13D2,14D,17D;3D3,4D3,5D2,6D,7D,8D,9D,10D2,11D2,12D2,16D. The van der Waals surface area contributed by atoms with Crippen molar-refractivity contribution in [3.8, 4) is 0 Å². The zero-order valence-electron chi connectivity index (χ0n) is 64.7. The molecule has 0 N–H and O–H groups in total. The third-order valence-corrected chi connectivity index (χ3v) is 5.39. The van der Waals surface area contributed by atoms with Gasteiger partial charge in [-0.2, -0.15) is 0 Å². The minimum Gasteiger partial charge on any atom is -0.306 e. The first kappa shape index (κ1) is 7.35. The van der Waals surface area contributed by atoms with Crippen molar-refractivity contribution in [1.29, 1.82) is 0 Å². The van der Waals surface area contributed by atoms with E-state index in [1.807, 2.05) is 0 Å². The Morgan fingerprint density at radius 3 is 1.56 bits per heavy atom. The Balaban J connectivity index is 0.000000441. The van der Waals surface area contributed by atoms with E-state index in [0.717, 1.165) is 13.8 Å². The fourth-order valence-corrected chi connectivity index (χ4v) is 3.37. The van der Waals surface area contributed by atoms with Gasteiger partial charge in [0, 0.05) is 82.3 Å². The van der Waals surface area contributed by atoms with E-state index in [1.54, 1.807) is 0 Å². The quantitative estimate of drug-likeness (QED) is 0.248. The Bertz CT molecular complexity index is 2710. The van der Waals surface area contributed by atoms with Gasteiger partial charge in [0.25, 0.3) is 0 Å². The van der Waals surface area contributed by atoms with E-state index in [1.165, 1.54) is 0 Å². The van der Waals surface area contributed by atoms with Crippen LogP contribution in [0.25, 0.3) is 0 Å². The van der Waals surface area contributed by atoms with Gasteiger partial charge >= 0.3 is 0 Å². The summed E-state index contributed by atoms with van der Waals surface area (Å²) in [4.78, 5) is -1.89. The van der Waals surface area contributed by atoms with Gasteiger partial charge in [-0.3, -0.25) is 0 Å². The average Bonchev–Trinajstić information content (AvgIpc) is 3.24. The van der Waals surface area contributed by atoms with Gasteiger partial charge in [-0.1, -0.05) is 94.1 Å². The second-order valence-electron chi connectivity index (χ2n) is 8.05. The third kappa shape index (κ3) is 7.62. The molecule has 2 aliphatic rings. The van der Waals surface area contributed by atoms with E-state index in [4.69, 9.17) is 80.8 Å². The summed E-state index contributed by atoms with van der Waals surface area (Å²) in [5.74, 6) is -6.08. The third-order valence-electron chi connectivity index (χ3n) is 5.02. The number of hydrogen-bond donors (Lipinski definition) is 0. The van der Waals surface area contributed by atoms with E-state index in [0.29, 0.717) is 0 Å². The van der Waals surface area contributed by atoms with Crippen LogP contribution in [-0.4, -0.2) is 49.7 Å². The summed E-state index contributed by atoms with van der Waals surface area (Å²) < 4.78 is 368. The Hall–Kier alpha value is -1.06. The highest BCUT2D eigenvalue weighted by molar-refractivity contribution is 6.30. The first-order valence-corrected chi connectivity index (χ1v) is 11.7. The van der Waals surface area contributed by atoms with E-state index < -0.39 is 206 Å². The van der Waals surface area contributed by atoms with Gasteiger partial charge in [0.05, 0.1) is 11.0 Å². The molecule has 4 heteroatoms. The van der Waals surface area contributed by atoms with Crippen molar-refractivity contribution in [2.75, 3.05) is 27.9 Å². The average molecular weight is 618 g/mol. The highest BCUT2D eigenvalue weighted by Crippen LogP contribution is 2.50. The van der Waals surface area contributed by atoms with Crippen molar-refractivity contribution >= 4 is 23.2 Å². The Labute approximate surface area is 312 Å². The van der Waals surface area contributed by atoms with Crippen LogP contribution in [0.1, 0.15) is 156 Å². The van der Waals surface area contributed by atoms with Crippen LogP contribution in [0, 0.1) is 11.8 Å². The van der Waals surface area contributed by atoms with Gasteiger partial charge in [-0.05, 0) is 113 Å². The van der Waals surface area contributed by atoms with Gasteiger partial charge in [0.1, 0.15) is 0 Å². The van der Waals surface area contributed by atoms with E-state index in [-0.39, 0.29) is 6.92 Å². The molecule has 0 spiro atoms. The van der Waals surface area contributed by atoms with Crippen molar-refractivity contribution in [1.82, 2.24) is 9.80 Å². The predicted octanol–water partition coefficient (Wildman–Crippen LogP) is 9.87. The molecule has 0 heterocycles. The SMILES string of the molecule is [2H]c1c([2H])c(C2(C([2H])(N(C([2H])([2H])[2H])C([2H])([2H])[2H])C([2H])([2H])C(C)C)C([2H])([2H])C([2H])([2H])C2([2H])[2H])c([2H])c([2H])c1Cl.[2H]c1c([2H])c(C2(C([2H])(N(C([2H])([2H])[2H])C([2H])([2H])[2H])C([2H])([2H])C([2H])(C([2H])([2H])[2H])C([2H])([2H])C)C([2H])([2H])C([2H])([2H])C2([2H])[2H])c([2H])c([2H])c1Cl. The van der Waals surface area contributed by atoms with Crippen LogP contribution in [0.4, 0.5) is 0 Å². The van der Waals surface area contributed by atoms with Gasteiger partial charge in [-0.25, -0.2) is 0 Å². The molecule has 2 fully saturated rings. The number of halogens is 2. The maximum Gasteiger partial charge on any atom is 0.0639 e. The smallest absolute Gasteiger partial charge is 0.0639 e. The maximum absolute atomic E-state index is 9.55. The van der Waals surface area contributed by atoms with Gasteiger partial charge < -0.3 is 9.80 Å². The molecule has 2 aromatic rings. The summed E-state index contributed by atoms with van der Waals surface area (Å²) in [5.41, 5.74) is -11.7. The maximum atomic E-state index is 9.55. The molecule has 2 aromatic carbocycles. The molecular weight excluding hydrogens is 519 g/mol. The molecule has 4 rings (SSSR count). The van der Waals surface area contributed by atoms with Crippen LogP contribution >= 0.6 is 23.2 Å². The highest BCUT2D eigenvalue weighted by Gasteiger charge is 2.47. The van der Waals surface area contributed by atoms with Crippen molar-refractivity contribution in [2.45, 2.75) is 108 Å². The van der Waals surface area contributed by atoms with Crippen LogP contribution in [-0.2, 0) is 10.8 Å². The monoisotopic (exact) mass is 617 g/mol. The summed E-state index contributed by atoms with van der Waals surface area (Å²) in [6, 6.07) is -19.9. The number of benzene rings is 2. The molecular formula is C35H54Cl2N2. The van der Waals surface area contributed by atoms with Crippen molar-refractivity contribution in [3.05, 3.63) is 69.5 Å². The zero-order valence-corrected chi connectivity index (χ0v) is 22.2. The van der Waals surface area contributed by atoms with Crippen molar-refractivity contribution in [2.24, 2.45) is 11.8 Å². The minimum atomic E-state index is -5.08. The second-order valence-corrected chi connectivity index (χ2v) is 8.80. The molecule has 0 aliphatic heterocycles. The Morgan fingerprint density at radius 1 is 0.821 bits per heavy atom. The molecule has 0 radical (unpaired) electrons. The minimum absolute atomic E-state index is 0.285. The van der Waals surface area contributed by atoms with Crippen LogP contribution in [0.15, 0.2) is 48.3 Å². The second kappa shape index (κ2) is 14.2. The summed E-state index contributed by atoms with van der Waals surface area (Å²) in [6.45, 7) is -18.7. The lowest BCUT2D eigenvalue weighted by Crippen LogP contribution is -2.52. The van der Waals surface area contributed by atoms with Crippen molar-refractivity contribution in [3.63, 3.8) is 0 Å². The Kier molecular flexibility index (Phi) is 2.68. The van der Waals surface area contributed by atoms with Crippen molar-refractivity contribution < 1.29 is 60.3 Å². The molecule has 2 nitrogen and oxygen atoms in total. The lowest BCUT2D eigenvalue weighted by molar-refractivity contribution is 0.0785. The fourth-order valence-electron chi connectivity index (χ4n) is 3.18. The number of rotatable bonds is 11. The largest absolute Gasteiger partial charge is 0.306 e. The summed E-state index contributed by atoms with van der Waals surface area (Å²) >= 11 is 11.7. The van der Waals surface area contributed by atoms with Gasteiger partial charge in [-0.15, -0.1) is 0 Å². The van der Waals surface area contributed by atoms with E-state index >= 15 is 0 Å². The topological polar surface area (TPSA) is 6.48 Å². The van der Waals surface area contributed by atoms with Crippen LogP contribution in [0.3, 0.4) is 0 Å². The van der Waals surface area contributed by atoms with Gasteiger partial charge in [0.2, 0.25) is 0 Å². The molecule has 218 valence electrons. The van der Waals surface area contributed by atoms with Crippen LogP contribution in [0.2, 0.25) is 10.0 Å². The molecule has 0 aromatic heterocycles. The summed E-state index contributed by atoms with van der Waals surface area (Å²) in [6.07, 6.45) is -36.4. The molecule has 3 atom stereocenters. The lowest BCUT2D eigenvalue weighted by Gasteiger charge is -2.51. The fraction of sp³-hybridized carbons (Fsp3) is 0.657. The highest BCUT2D eigenvalue weighted by atomic mass is 35.5. The van der Waals surface area contributed by atoms with Gasteiger partial charge in [0.15, 0.2) is 0 Å². The molecule has 3 unspecified atom stereocenters. The van der Waals surface area contributed by atoms with Crippen LogP contribution < -0.4 is 0 Å². The Morgan fingerprint density at radius 2 is 1.23 bits per heavy atom. The molecule has 0 saturated heterocycles. The first-order chi connectivity index (χ1) is 35.8. The van der Waals surface area contributed by atoms with Crippen LogP contribution in [0.5, 0.6) is 0 Å². The zero-order chi connectivity index (χ0) is 67.2. The van der Waals surface area contributed by atoms with E-state index in [2.05, 4.69) is 0 Å². The predicted molar refractivity (Wildman–Crippen MR) is 172 cm³/mol. The van der Waals surface area contributed by atoms with E-state index in [9.17, 15) is 2.74 Å². The molecule has 2 aliphatic carbocycles. The summed E-state index contributed by atoms with van der Waals surface area (Å²) in [7, 11) is 0. The molecule has 0 amide bonds. The molecule has 39 heavy (non-hydrogen) atoms. The number of nitrogens with zero attached hydrogens (tertiary/aromatic N) is 2. The normalized spacial score (nSPS) is 49.4. The first-order valence-electron chi connectivity index (χ1n) is 32.9. The number of hydrogen-bond acceptors (Lipinski definition) is 2. The summed E-state index contributed by atoms with van der Waals surface area (Å²) in [5, 5.41) is -1.84. The molecule has 0 bridgehead atoms. The lowest BCUT2D eigenvalue weighted by atomic mass is 9.58. The number of likely N-dealkylation sites (N-methyl/N-ethyl adjacent to an activating group) is 2. The molecule has 2 saturated carbocycles.